The zero-order valence-electron chi connectivity index (χ0n) is 27.6. The summed E-state index contributed by atoms with van der Waals surface area (Å²) in [6.45, 7) is 5.41. The van der Waals surface area contributed by atoms with Gasteiger partial charge in [0.1, 0.15) is 11.6 Å². The maximum atomic E-state index is 6.20. The number of hydrogen-bond acceptors (Lipinski definition) is 3. The Labute approximate surface area is 260 Å². The number of hydrogen-bond donors (Lipinski definition) is 0. The van der Waals surface area contributed by atoms with E-state index in [0.717, 1.165) is 24.6 Å². The van der Waals surface area contributed by atoms with Crippen molar-refractivity contribution in [3.05, 3.63) is 53.6 Å². The molecule has 1 aliphatic carbocycles. The summed E-state index contributed by atoms with van der Waals surface area (Å²) in [4.78, 5) is 9.59. The second-order valence-electron chi connectivity index (χ2n) is 13.3. The van der Waals surface area contributed by atoms with Crippen LogP contribution < -0.4 is 4.74 Å². The molecule has 0 saturated heterocycles. The lowest BCUT2D eigenvalue weighted by atomic mass is 9.82. The third-order valence-electron chi connectivity index (χ3n) is 9.48. The number of benzene rings is 1. The van der Waals surface area contributed by atoms with Crippen molar-refractivity contribution >= 4 is 0 Å². The lowest BCUT2D eigenvalue weighted by molar-refractivity contribution is 0.198. The Bertz CT molecular complexity index is 886. The van der Waals surface area contributed by atoms with Crippen LogP contribution >= 0.6 is 0 Å². The van der Waals surface area contributed by atoms with Gasteiger partial charge in [-0.15, -0.1) is 0 Å². The summed E-state index contributed by atoms with van der Waals surface area (Å²) >= 11 is 0. The van der Waals surface area contributed by atoms with Crippen LogP contribution in [0.4, 0.5) is 0 Å². The average Bonchev–Trinajstić information content (AvgIpc) is 3.03. The minimum absolute atomic E-state index is 0.517. The minimum Gasteiger partial charge on any atom is -0.493 e. The molecule has 0 aliphatic heterocycles. The second-order valence-corrected chi connectivity index (χ2v) is 13.3. The van der Waals surface area contributed by atoms with Crippen molar-refractivity contribution < 1.29 is 4.74 Å². The number of unbranched alkanes of at least 4 members (excludes halogenated alkanes) is 16. The topological polar surface area (TPSA) is 35.0 Å². The van der Waals surface area contributed by atoms with Crippen LogP contribution in [0.2, 0.25) is 0 Å². The molecule has 0 amide bonds. The molecule has 3 nitrogen and oxygen atoms in total. The molecule has 1 heterocycles. The molecule has 42 heavy (non-hydrogen) atoms. The molecule has 0 bridgehead atoms. The van der Waals surface area contributed by atoms with Crippen LogP contribution in [0.25, 0.3) is 0 Å². The van der Waals surface area contributed by atoms with E-state index in [1.165, 1.54) is 159 Å². The van der Waals surface area contributed by atoms with Crippen LogP contribution in [0.1, 0.15) is 178 Å². The Morgan fingerprint density at radius 3 is 1.50 bits per heavy atom. The zero-order valence-corrected chi connectivity index (χ0v) is 27.6. The maximum absolute atomic E-state index is 6.20. The van der Waals surface area contributed by atoms with E-state index in [1.807, 2.05) is 0 Å². The van der Waals surface area contributed by atoms with E-state index in [2.05, 4.69) is 50.5 Å². The van der Waals surface area contributed by atoms with E-state index in [1.54, 1.807) is 0 Å². The van der Waals surface area contributed by atoms with E-state index in [9.17, 15) is 0 Å². The van der Waals surface area contributed by atoms with Gasteiger partial charge in [0.2, 0.25) is 0 Å². The Morgan fingerprint density at radius 1 is 0.548 bits per heavy atom. The molecule has 0 unspecified atom stereocenters. The third-order valence-corrected chi connectivity index (χ3v) is 9.48. The SMILES string of the molecule is CCCCCCCCCCCCc1cnc(C2CCC(COc3ccc(CCCCCCCCCC)cc3)CC2)nc1. The Kier molecular flexibility index (Phi) is 18.6. The fraction of sp³-hybridized carbons (Fsp3) is 0.744. The summed E-state index contributed by atoms with van der Waals surface area (Å²) in [7, 11) is 0. The summed E-state index contributed by atoms with van der Waals surface area (Å²) in [6.07, 6.45) is 36.2. The molecule has 1 aromatic heterocycles. The lowest BCUT2D eigenvalue weighted by Crippen LogP contribution is -2.20. The largest absolute Gasteiger partial charge is 0.493 e. The van der Waals surface area contributed by atoms with Crippen molar-refractivity contribution in [2.45, 2.75) is 174 Å². The number of nitrogens with zero attached hydrogens (tertiary/aromatic N) is 2. The maximum Gasteiger partial charge on any atom is 0.131 e. The normalized spacial score (nSPS) is 17.0. The van der Waals surface area contributed by atoms with Crippen molar-refractivity contribution in [2.24, 2.45) is 5.92 Å². The smallest absolute Gasteiger partial charge is 0.131 e. The molecule has 3 rings (SSSR count). The number of aryl methyl sites for hydroxylation is 2. The summed E-state index contributed by atoms with van der Waals surface area (Å²) in [6, 6.07) is 8.89. The molecule has 1 fully saturated rings. The van der Waals surface area contributed by atoms with E-state index in [-0.39, 0.29) is 0 Å². The van der Waals surface area contributed by atoms with Gasteiger partial charge >= 0.3 is 0 Å². The number of rotatable bonds is 24. The second kappa shape index (κ2) is 22.6. The molecule has 1 aromatic carbocycles. The van der Waals surface area contributed by atoms with Crippen LogP contribution in [0.15, 0.2) is 36.7 Å². The van der Waals surface area contributed by atoms with E-state index >= 15 is 0 Å². The standard InChI is InChI=1S/C39H64N2O/c1-3-5-7-9-11-13-14-16-18-20-22-36-31-40-39(41-32-36)37-27-23-35(24-28-37)33-42-38-29-25-34(26-30-38)21-19-17-15-12-10-8-6-4-2/h25-26,29-32,35,37H,3-24,27-28,33H2,1-2H3. The average molecular weight is 577 g/mol. The first kappa shape index (κ1) is 34.6. The molecule has 1 saturated carbocycles. The molecule has 0 N–H and O–H groups in total. The molecule has 236 valence electrons. The van der Waals surface area contributed by atoms with Gasteiger partial charge in [-0.05, 0) is 80.5 Å². The van der Waals surface area contributed by atoms with Gasteiger partial charge in [-0.3, -0.25) is 0 Å². The van der Waals surface area contributed by atoms with Crippen LogP contribution in [0.3, 0.4) is 0 Å². The zero-order chi connectivity index (χ0) is 29.5. The lowest BCUT2D eigenvalue weighted by Gasteiger charge is -2.27. The van der Waals surface area contributed by atoms with Gasteiger partial charge in [-0.1, -0.05) is 129 Å². The van der Waals surface area contributed by atoms with Crippen LogP contribution in [0.5, 0.6) is 5.75 Å². The van der Waals surface area contributed by atoms with Gasteiger partial charge in [0.05, 0.1) is 6.61 Å². The highest BCUT2D eigenvalue weighted by molar-refractivity contribution is 5.27. The molecule has 0 atom stereocenters. The summed E-state index contributed by atoms with van der Waals surface area (Å²) < 4.78 is 6.20. The minimum atomic E-state index is 0.517. The van der Waals surface area contributed by atoms with Crippen LogP contribution in [-0.4, -0.2) is 16.6 Å². The van der Waals surface area contributed by atoms with E-state index < -0.39 is 0 Å². The molecular formula is C39H64N2O. The van der Waals surface area contributed by atoms with E-state index in [0.29, 0.717) is 11.8 Å². The summed E-state index contributed by atoms with van der Waals surface area (Å²) in [5, 5.41) is 0. The Balaban J connectivity index is 1.21. The van der Waals surface area contributed by atoms with Crippen molar-refractivity contribution in [3.63, 3.8) is 0 Å². The molecule has 3 heteroatoms. The van der Waals surface area contributed by atoms with Crippen molar-refractivity contribution in [2.75, 3.05) is 6.61 Å². The highest BCUT2D eigenvalue weighted by Gasteiger charge is 2.24. The summed E-state index contributed by atoms with van der Waals surface area (Å²) in [5.41, 5.74) is 2.76. The van der Waals surface area contributed by atoms with Gasteiger partial charge in [0.15, 0.2) is 0 Å². The quantitative estimate of drug-likeness (QED) is 0.117. The molecule has 0 spiro atoms. The fourth-order valence-corrected chi connectivity index (χ4v) is 6.54. The molecular weight excluding hydrogens is 512 g/mol. The van der Waals surface area contributed by atoms with Gasteiger partial charge in [0, 0.05) is 18.3 Å². The van der Waals surface area contributed by atoms with Crippen LogP contribution in [-0.2, 0) is 12.8 Å². The molecule has 1 aliphatic rings. The van der Waals surface area contributed by atoms with Gasteiger partial charge in [0.25, 0.3) is 0 Å². The first-order valence-corrected chi connectivity index (χ1v) is 18.3. The number of aromatic nitrogens is 2. The predicted molar refractivity (Wildman–Crippen MR) is 181 cm³/mol. The number of ether oxygens (including phenoxy) is 1. The fourth-order valence-electron chi connectivity index (χ4n) is 6.54. The Morgan fingerprint density at radius 2 is 1.00 bits per heavy atom. The van der Waals surface area contributed by atoms with Gasteiger partial charge < -0.3 is 4.74 Å². The predicted octanol–water partition coefficient (Wildman–Crippen LogP) is 12.0. The van der Waals surface area contributed by atoms with Gasteiger partial charge in [-0.25, -0.2) is 9.97 Å². The monoisotopic (exact) mass is 577 g/mol. The highest BCUT2D eigenvalue weighted by Crippen LogP contribution is 2.34. The Hall–Kier alpha value is -1.90. The van der Waals surface area contributed by atoms with Crippen molar-refractivity contribution in [1.29, 1.82) is 0 Å². The summed E-state index contributed by atoms with van der Waals surface area (Å²) in [5.74, 6) is 3.25. The van der Waals surface area contributed by atoms with Crippen molar-refractivity contribution in [1.82, 2.24) is 9.97 Å². The third kappa shape index (κ3) is 15.0. The van der Waals surface area contributed by atoms with Crippen molar-refractivity contribution in [3.8, 4) is 5.75 Å². The van der Waals surface area contributed by atoms with Crippen LogP contribution in [0, 0.1) is 5.92 Å². The highest BCUT2D eigenvalue weighted by atomic mass is 16.5. The first-order chi connectivity index (χ1) is 20.8. The van der Waals surface area contributed by atoms with Gasteiger partial charge in [-0.2, -0.15) is 0 Å². The first-order valence-electron chi connectivity index (χ1n) is 18.3. The molecule has 2 aromatic rings. The van der Waals surface area contributed by atoms with E-state index in [4.69, 9.17) is 14.7 Å². The molecule has 0 radical (unpaired) electrons.